The van der Waals surface area contributed by atoms with E-state index in [9.17, 15) is 4.79 Å². The SMILES string of the molecule is CSc1ccc(CCNC(=O)C(C)c2c(C)n[nH]c2C)cc1. The van der Waals surface area contributed by atoms with E-state index in [0.29, 0.717) is 6.54 Å². The van der Waals surface area contributed by atoms with Crippen LogP contribution in [-0.2, 0) is 11.2 Å². The third kappa shape index (κ3) is 3.91. The van der Waals surface area contributed by atoms with Crippen LogP contribution in [0.2, 0.25) is 0 Å². The zero-order chi connectivity index (χ0) is 16.1. The van der Waals surface area contributed by atoms with Gasteiger partial charge in [0.2, 0.25) is 5.91 Å². The molecule has 0 spiro atoms. The van der Waals surface area contributed by atoms with E-state index in [-0.39, 0.29) is 11.8 Å². The third-order valence-electron chi connectivity index (χ3n) is 3.88. The van der Waals surface area contributed by atoms with Crippen molar-refractivity contribution in [3.05, 3.63) is 46.8 Å². The van der Waals surface area contributed by atoms with Crippen LogP contribution in [-0.4, -0.2) is 28.9 Å². The molecule has 2 rings (SSSR count). The van der Waals surface area contributed by atoms with Crippen LogP contribution >= 0.6 is 11.8 Å². The smallest absolute Gasteiger partial charge is 0.227 e. The van der Waals surface area contributed by atoms with Crippen molar-refractivity contribution in [1.82, 2.24) is 15.5 Å². The molecule has 1 amide bonds. The lowest BCUT2D eigenvalue weighted by Gasteiger charge is -2.13. The second-order valence-corrected chi connectivity index (χ2v) is 6.34. The van der Waals surface area contributed by atoms with Crippen molar-refractivity contribution >= 4 is 17.7 Å². The maximum Gasteiger partial charge on any atom is 0.227 e. The number of nitrogens with one attached hydrogen (secondary N) is 2. The summed E-state index contributed by atoms with van der Waals surface area (Å²) in [5, 5.41) is 10.1. The molecule has 0 saturated heterocycles. The number of aryl methyl sites for hydroxylation is 2. The molecular weight excluding hydrogens is 294 g/mol. The summed E-state index contributed by atoms with van der Waals surface area (Å²) in [5.41, 5.74) is 4.10. The van der Waals surface area contributed by atoms with E-state index < -0.39 is 0 Å². The maximum atomic E-state index is 12.3. The average Bonchev–Trinajstić information content (AvgIpc) is 2.86. The molecule has 4 nitrogen and oxygen atoms in total. The van der Waals surface area contributed by atoms with E-state index in [0.717, 1.165) is 23.4 Å². The second kappa shape index (κ2) is 7.49. The Kier molecular flexibility index (Phi) is 5.66. The normalized spacial score (nSPS) is 12.2. The molecule has 0 saturated carbocycles. The highest BCUT2D eigenvalue weighted by Gasteiger charge is 2.20. The monoisotopic (exact) mass is 317 g/mol. The van der Waals surface area contributed by atoms with Gasteiger partial charge in [0.25, 0.3) is 0 Å². The molecule has 1 aromatic carbocycles. The number of hydrogen-bond donors (Lipinski definition) is 2. The number of benzene rings is 1. The van der Waals surface area contributed by atoms with E-state index >= 15 is 0 Å². The van der Waals surface area contributed by atoms with Crippen LogP contribution in [0.1, 0.15) is 35.4 Å². The Morgan fingerprint density at radius 3 is 2.55 bits per heavy atom. The van der Waals surface area contributed by atoms with Gasteiger partial charge in [-0.05, 0) is 51.1 Å². The molecule has 1 atom stereocenters. The predicted molar refractivity (Wildman–Crippen MR) is 91.4 cm³/mol. The fourth-order valence-electron chi connectivity index (χ4n) is 2.60. The minimum Gasteiger partial charge on any atom is -0.355 e. The average molecular weight is 317 g/mol. The van der Waals surface area contributed by atoms with Gasteiger partial charge in [0, 0.05) is 22.7 Å². The van der Waals surface area contributed by atoms with Crippen LogP contribution in [0.15, 0.2) is 29.2 Å². The lowest BCUT2D eigenvalue weighted by Crippen LogP contribution is -2.30. The van der Waals surface area contributed by atoms with Gasteiger partial charge in [-0.25, -0.2) is 0 Å². The highest BCUT2D eigenvalue weighted by Crippen LogP contribution is 2.21. The Morgan fingerprint density at radius 1 is 1.32 bits per heavy atom. The zero-order valence-electron chi connectivity index (χ0n) is 13.6. The number of hydrogen-bond acceptors (Lipinski definition) is 3. The van der Waals surface area contributed by atoms with E-state index in [2.05, 4.69) is 46.0 Å². The van der Waals surface area contributed by atoms with Gasteiger partial charge in [-0.3, -0.25) is 9.89 Å². The molecular formula is C17H23N3OS. The number of aromatic amines is 1. The van der Waals surface area contributed by atoms with Crippen molar-refractivity contribution in [3.63, 3.8) is 0 Å². The van der Waals surface area contributed by atoms with Crippen LogP contribution in [0, 0.1) is 13.8 Å². The fourth-order valence-corrected chi connectivity index (χ4v) is 3.01. The Hall–Kier alpha value is -1.75. The number of carbonyl (C=O) groups is 1. The van der Waals surface area contributed by atoms with Gasteiger partial charge in [0.05, 0.1) is 11.6 Å². The molecule has 0 aliphatic rings. The van der Waals surface area contributed by atoms with Crippen LogP contribution in [0.25, 0.3) is 0 Å². The van der Waals surface area contributed by atoms with Gasteiger partial charge in [-0.1, -0.05) is 12.1 Å². The predicted octanol–water partition coefficient (Wildman–Crippen LogP) is 3.21. The van der Waals surface area contributed by atoms with Crippen LogP contribution in [0.4, 0.5) is 0 Å². The van der Waals surface area contributed by atoms with Gasteiger partial charge < -0.3 is 5.32 Å². The van der Waals surface area contributed by atoms with Crippen LogP contribution in [0.5, 0.6) is 0 Å². The Labute approximate surface area is 136 Å². The lowest BCUT2D eigenvalue weighted by atomic mass is 9.98. The van der Waals surface area contributed by atoms with Gasteiger partial charge in [-0.15, -0.1) is 11.8 Å². The number of nitrogens with zero attached hydrogens (tertiary/aromatic N) is 1. The molecule has 1 heterocycles. The van der Waals surface area contributed by atoms with Crippen molar-refractivity contribution < 1.29 is 4.79 Å². The van der Waals surface area contributed by atoms with Gasteiger partial charge >= 0.3 is 0 Å². The molecule has 0 radical (unpaired) electrons. The number of amides is 1. The third-order valence-corrected chi connectivity index (χ3v) is 4.63. The van der Waals surface area contributed by atoms with Crippen molar-refractivity contribution in [2.75, 3.05) is 12.8 Å². The van der Waals surface area contributed by atoms with Gasteiger partial charge in [0.1, 0.15) is 0 Å². The largest absolute Gasteiger partial charge is 0.355 e. The van der Waals surface area contributed by atoms with Gasteiger partial charge in [-0.2, -0.15) is 5.10 Å². The molecule has 2 aromatic rings. The first-order valence-electron chi connectivity index (χ1n) is 7.45. The van der Waals surface area contributed by atoms with Crippen molar-refractivity contribution in [1.29, 1.82) is 0 Å². The molecule has 0 aliphatic heterocycles. The standard InChI is InChI=1S/C17H23N3OS/c1-11(16-12(2)19-20-13(16)3)17(21)18-10-9-14-5-7-15(22-4)8-6-14/h5-8,11H,9-10H2,1-4H3,(H,18,21)(H,19,20). The summed E-state index contributed by atoms with van der Waals surface area (Å²) >= 11 is 1.73. The van der Waals surface area contributed by atoms with Gasteiger partial charge in [0.15, 0.2) is 0 Å². The first kappa shape index (κ1) is 16.6. The molecule has 0 fully saturated rings. The number of carbonyl (C=O) groups excluding carboxylic acids is 1. The summed E-state index contributed by atoms with van der Waals surface area (Å²) < 4.78 is 0. The van der Waals surface area contributed by atoms with E-state index in [1.807, 2.05) is 20.8 Å². The highest BCUT2D eigenvalue weighted by molar-refractivity contribution is 7.98. The molecule has 1 aromatic heterocycles. The lowest BCUT2D eigenvalue weighted by molar-refractivity contribution is -0.122. The second-order valence-electron chi connectivity index (χ2n) is 5.46. The maximum absolute atomic E-state index is 12.3. The van der Waals surface area contributed by atoms with E-state index in [1.54, 1.807) is 11.8 Å². The van der Waals surface area contributed by atoms with E-state index in [1.165, 1.54) is 10.5 Å². The molecule has 2 N–H and O–H groups in total. The highest BCUT2D eigenvalue weighted by atomic mass is 32.2. The Morgan fingerprint density at radius 2 is 2.00 bits per heavy atom. The quantitative estimate of drug-likeness (QED) is 0.804. The Bertz CT molecular complexity index is 614. The number of H-pyrrole nitrogens is 1. The summed E-state index contributed by atoms with van der Waals surface area (Å²) in [6.45, 7) is 6.45. The minimum absolute atomic E-state index is 0.0494. The summed E-state index contributed by atoms with van der Waals surface area (Å²) in [5.74, 6) is -0.133. The summed E-state index contributed by atoms with van der Waals surface area (Å²) in [6.07, 6.45) is 2.91. The summed E-state index contributed by atoms with van der Waals surface area (Å²) in [6, 6.07) is 8.46. The molecule has 118 valence electrons. The molecule has 0 bridgehead atoms. The first-order chi connectivity index (χ1) is 10.5. The molecule has 22 heavy (non-hydrogen) atoms. The van der Waals surface area contributed by atoms with Crippen molar-refractivity contribution in [2.24, 2.45) is 0 Å². The van der Waals surface area contributed by atoms with Crippen molar-refractivity contribution in [3.8, 4) is 0 Å². The van der Waals surface area contributed by atoms with Crippen LogP contribution < -0.4 is 5.32 Å². The van der Waals surface area contributed by atoms with Crippen LogP contribution in [0.3, 0.4) is 0 Å². The molecule has 1 unspecified atom stereocenters. The minimum atomic E-state index is -0.183. The molecule has 0 aliphatic carbocycles. The Balaban J connectivity index is 1.87. The topological polar surface area (TPSA) is 57.8 Å². The number of thioether (sulfide) groups is 1. The van der Waals surface area contributed by atoms with Crippen molar-refractivity contribution in [2.45, 2.75) is 38.0 Å². The fraction of sp³-hybridized carbons (Fsp3) is 0.412. The molecule has 5 heteroatoms. The number of aromatic nitrogens is 2. The zero-order valence-corrected chi connectivity index (χ0v) is 14.4. The van der Waals surface area contributed by atoms with E-state index in [4.69, 9.17) is 0 Å². The summed E-state index contributed by atoms with van der Waals surface area (Å²) in [4.78, 5) is 13.5. The summed E-state index contributed by atoms with van der Waals surface area (Å²) in [7, 11) is 0. The first-order valence-corrected chi connectivity index (χ1v) is 8.67. The number of rotatable bonds is 6.